The third-order valence-corrected chi connectivity index (χ3v) is 9.81. The summed E-state index contributed by atoms with van der Waals surface area (Å²) >= 11 is 0. The number of nitrogens with one attached hydrogen (secondary N) is 2. The Hall–Kier alpha value is -5.52. The van der Waals surface area contributed by atoms with Crippen LogP contribution in [-0.2, 0) is 16.0 Å². The Morgan fingerprint density at radius 2 is 1.29 bits per heavy atom. The number of aromatic hydroxyl groups is 1. The molecule has 1 aliphatic carbocycles. The summed E-state index contributed by atoms with van der Waals surface area (Å²) < 4.78 is 17.7. The molecule has 12 heteroatoms. The molecule has 5 aromatic rings. The van der Waals surface area contributed by atoms with Gasteiger partial charge in [-0.15, -0.1) is 0 Å². The lowest BCUT2D eigenvalue weighted by Crippen LogP contribution is -2.15. The molecule has 0 amide bonds. The Bertz CT molecular complexity index is 2330. The van der Waals surface area contributed by atoms with Gasteiger partial charge in [-0.1, -0.05) is 24.5 Å². The first-order chi connectivity index (χ1) is 24.5. The number of phenols is 1. The number of aliphatic carboxylic acids is 2. The largest absolute Gasteiger partial charge is 0.505 e. The number of benzene rings is 5. The topological polar surface area (TPSA) is 181 Å². The van der Waals surface area contributed by atoms with E-state index < -0.39 is 17.4 Å². The molecule has 51 heavy (non-hydrogen) atoms. The molecule has 0 unspecified atom stereocenters. The molecule has 5 aromatic carbocycles. The quantitative estimate of drug-likeness (QED) is 0.0301. The minimum atomic E-state index is -0.850. The van der Waals surface area contributed by atoms with Crippen molar-refractivity contribution in [3.05, 3.63) is 49.3 Å². The van der Waals surface area contributed by atoms with E-state index in [2.05, 4.69) is 10.6 Å². The van der Waals surface area contributed by atoms with Crippen LogP contribution in [0.2, 0.25) is 0 Å². The third kappa shape index (κ3) is 6.12. The highest BCUT2D eigenvalue weighted by Gasteiger charge is 2.32. The van der Waals surface area contributed by atoms with Crippen LogP contribution in [0.25, 0.3) is 49.2 Å². The zero-order chi connectivity index (χ0) is 36.6. The molecule has 0 atom stereocenters. The summed E-state index contributed by atoms with van der Waals surface area (Å²) in [6, 6.07) is 3.10. The van der Waals surface area contributed by atoms with Crippen LogP contribution in [-0.4, -0.2) is 61.7 Å². The maximum Gasteiger partial charge on any atom is 0.303 e. The molecule has 0 fully saturated rings. The van der Waals surface area contributed by atoms with Crippen LogP contribution in [0, 0.1) is 0 Å². The number of allylic oxidation sites excluding steroid dienone is 1. The number of phenolic OH excluding ortho intramolecular Hbond substituents is 1. The lowest BCUT2D eigenvalue weighted by Gasteiger charge is -2.24. The Labute approximate surface area is 293 Å². The maximum atomic E-state index is 14.5. The van der Waals surface area contributed by atoms with Gasteiger partial charge < -0.3 is 40.2 Å². The SMILES string of the molecule is COc1c2c3c4c(c(NCCCCCC(=O)O)c(O)c5c(=O)cc(OC)c(c6c(OC)cc(NCCCCCC(=O)O)c(c1=O)c63)c54)C=C(C)C2. The van der Waals surface area contributed by atoms with Gasteiger partial charge in [0.15, 0.2) is 16.9 Å². The first kappa shape index (κ1) is 35.3. The predicted molar refractivity (Wildman–Crippen MR) is 199 cm³/mol. The van der Waals surface area contributed by atoms with Crippen LogP contribution in [0.15, 0.2) is 27.3 Å². The lowest BCUT2D eigenvalue weighted by molar-refractivity contribution is -0.138. The normalized spacial score (nSPS) is 12.5. The third-order valence-electron chi connectivity index (χ3n) is 9.81. The second-order valence-electron chi connectivity index (χ2n) is 13.1. The maximum absolute atomic E-state index is 14.5. The Morgan fingerprint density at radius 3 is 1.88 bits per heavy atom. The minimum Gasteiger partial charge on any atom is -0.505 e. The van der Waals surface area contributed by atoms with Gasteiger partial charge in [0.25, 0.3) is 0 Å². The molecule has 0 radical (unpaired) electrons. The van der Waals surface area contributed by atoms with Gasteiger partial charge >= 0.3 is 11.9 Å². The average molecular weight is 699 g/mol. The number of unbranched alkanes of at least 4 members (excludes halogenated alkanes) is 4. The summed E-state index contributed by atoms with van der Waals surface area (Å²) in [6.45, 7) is 2.84. The van der Waals surface area contributed by atoms with Gasteiger partial charge in [-0.25, -0.2) is 0 Å². The van der Waals surface area contributed by atoms with Gasteiger partial charge in [0.05, 0.1) is 37.8 Å². The van der Waals surface area contributed by atoms with Crippen molar-refractivity contribution in [1.82, 2.24) is 0 Å². The molecule has 6 rings (SSSR count). The highest BCUT2D eigenvalue weighted by molar-refractivity contribution is 6.40. The summed E-state index contributed by atoms with van der Waals surface area (Å²) in [5, 5.41) is 40.8. The van der Waals surface area contributed by atoms with E-state index in [4.69, 9.17) is 24.4 Å². The first-order valence-electron chi connectivity index (χ1n) is 17.2. The van der Waals surface area contributed by atoms with Crippen molar-refractivity contribution in [2.45, 2.75) is 64.7 Å². The molecule has 268 valence electrons. The summed E-state index contributed by atoms with van der Waals surface area (Å²) in [5.74, 6) is -1.01. The number of carboxylic acid groups (broad SMARTS) is 2. The molecule has 1 aliphatic rings. The van der Waals surface area contributed by atoms with Crippen molar-refractivity contribution < 1.29 is 39.1 Å². The number of ether oxygens (including phenoxy) is 3. The monoisotopic (exact) mass is 698 g/mol. The van der Waals surface area contributed by atoms with Crippen LogP contribution >= 0.6 is 0 Å². The summed E-state index contributed by atoms with van der Waals surface area (Å²) in [4.78, 5) is 50.5. The smallest absolute Gasteiger partial charge is 0.303 e. The van der Waals surface area contributed by atoms with Crippen LogP contribution in [0.1, 0.15) is 69.4 Å². The average Bonchev–Trinajstić information content (AvgIpc) is 3.24. The summed E-state index contributed by atoms with van der Waals surface area (Å²) in [5.41, 5.74) is 2.37. The number of methoxy groups -OCH3 is 3. The molecule has 0 aromatic heterocycles. The molecule has 0 aliphatic heterocycles. The van der Waals surface area contributed by atoms with Crippen molar-refractivity contribution >= 4 is 72.5 Å². The predicted octanol–water partition coefficient (Wildman–Crippen LogP) is 6.70. The number of fused-ring (bicyclic) bond motifs is 1. The number of hydrogen-bond acceptors (Lipinski definition) is 10. The number of carbonyl (C=O) groups is 2. The highest BCUT2D eigenvalue weighted by Crippen LogP contribution is 2.55. The van der Waals surface area contributed by atoms with Gasteiger partial charge in [0, 0.05) is 81.8 Å². The number of rotatable bonds is 17. The molecule has 0 bridgehead atoms. The van der Waals surface area contributed by atoms with Crippen LogP contribution < -0.4 is 35.7 Å². The van der Waals surface area contributed by atoms with E-state index >= 15 is 0 Å². The van der Waals surface area contributed by atoms with E-state index in [1.165, 1.54) is 27.4 Å². The Morgan fingerprint density at radius 1 is 0.706 bits per heavy atom. The fourth-order valence-corrected chi connectivity index (χ4v) is 7.66. The molecule has 0 spiro atoms. The number of carboxylic acids is 2. The molecular formula is C39H42N2O10. The van der Waals surface area contributed by atoms with Gasteiger partial charge in [0.2, 0.25) is 5.43 Å². The second-order valence-corrected chi connectivity index (χ2v) is 13.1. The highest BCUT2D eigenvalue weighted by atomic mass is 16.5. The molecule has 5 N–H and O–H groups in total. The van der Waals surface area contributed by atoms with Crippen LogP contribution in [0.3, 0.4) is 0 Å². The fraction of sp³-hybridized carbons (Fsp3) is 0.385. The number of hydrogen-bond donors (Lipinski definition) is 5. The minimum absolute atomic E-state index is 0.0729. The standard InChI is InChI=1S/C39H42N2O10/c1-19-15-20-28-29-21(16-19)39(51-4)38(48)30-22(40-13-9-5-7-11-26(43)44)17-24(49-2)32(34(29)30)33-25(50-3)18-23(42)31(35(28)33)37(47)36(20)41-14-10-6-8-12-27(45)46/h15,17-18,40-41,47H,5-14,16H2,1-4H3,(H,43,44)(H,45,46). The van der Waals surface area contributed by atoms with E-state index in [0.29, 0.717) is 124 Å². The van der Waals surface area contributed by atoms with E-state index in [1.54, 1.807) is 6.07 Å². The summed E-state index contributed by atoms with van der Waals surface area (Å²) in [7, 11) is 4.47. The fourth-order valence-electron chi connectivity index (χ4n) is 7.66. The van der Waals surface area contributed by atoms with Gasteiger partial charge in [-0.2, -0.15) is 0 Å². The van der Waals surface area contributed by atoms with Crippen LogP contribution in [0.4, 0.5) is 11.4 Å². The Balaban J connectivity index is 1.70. The van der Waals surface area contributed by atoms with E-state index in [-0.39, 0.29) is 40.9 Å². The van der Waals surface area contributed by atoms with E-state index in [0.717, 1.165) is 5.57 Å². The molecule has 0 saturated carbocycles. The zero-order valence-corrected chi connectivity index (χ0v) is 29.2. The van der Waals surface area contributed by atoms with Crippen molar-refractivity contribution in [1.29, 1.82) is 0 Å². The van der Waals surface area contributed by atoms with Crippen molar-refractivity contribution in [3.63, 3.8) is 0 Å². The zero-order valence-electron chi connectivity index (χ0n) is 29.2. The molecular weight excluding hydrogens is 656 g/mol. The Kier molecular flexibility index (Phi) is 9.95. The van der Waals surface area contributed by atoms with Gasteiger partial charge in [0.1, 0.15) is 11.5 Å². The number of anilines is 2. The lowest BCUT2D eigenvalue weighted by atomic mass is 9.83. The van der Waals surface area contributed by atoms with E-state index in [1.807, 2.05) is 13.0 Å². The first-order valence-corrected chi connectivity index (χ1v) is 17.2. The van der Waals surface area contributed by atoms with Crippen molar-refractivity contribution in [2.75, 3.05) is 45.1 Å². The van der Waals surface area contributed by atoms with Crippen LogP contribution in [0.5, 0.6) is 23.0 Å². The second kappa shape index (κ2) is 14.4. The van der Waals surface area contributed by atoms with Crippen molar-refractivity contribution in [3.8, 4) is 23.0 Å². The summed E-state index contributed by atoms with van der Waals surface area (Å²) in [6.07, 6.45) is 6.21. The van der Waals surface area contributed by atoms with Crippen molar-refractivity contribution in [2.24, 2.45) is 0 Å². The molecule has 0 saturated heterocycles. The molecule has 12 nitrogen and oxygen atoms in total. The molecule has 0 heterocycles. The van der Waals surface area contributed by atoms with Gasteiger partial charge in [-0.05, 0) is 44.4 Å². The van der Waals surface area contributed by atoms with E-state index in [9.17, 15) is 24.3 Å². The van der Waals surface area contributed by atoms with Gasteiger partial charge in [-0.3, -0.25) is 19.2 Å².